The van der Waals surface area contributed by atoms with E-state index in [1.807, 2.05) is 12.1 Å². The Morgan fingerprint density at radius 1 is 1.64 bits per heavy atom. The van der Waals surface area contributed by atoms with Crippen LogP contribution < -0.4 is 10.1 Å². The van der Waals surface area contributed by atoms with Crippen LogP contribution in [0.4, 0.5) is 5.69 Å². The second-order valence-corrected chi connectivity index (χ2v) is 3.89. The quantitative estimate of drug-likeness (QED) is 0.778. The van der Waals surface area contributed by atoms with Crippen LogP contribution in [0.1, 0.15) is 12.8 Å². The molecule has 4 heteroatoms. The number of ether oxygens (including phenoxy) is 1. The predicted octanol–water partition coefficient (Wildman–Crippen LogP) is 2.27. The number of aromatic nitrogens is 1. The summed E-state index contributed by atoms with van der Waals surface area (Å²) in [6.45, 7) is 0. The monoisotopic (exact) mass is 212 g/mol. The first-order chi connectivity index (χ1) is 6.78. The van der Waals surface area contributed by atoms with Gasteiger partial charge in [0, 0.05) is 23.8 Å². The summed E-state index contributed by atoms with van der Waals surface area (Å²) < 4.78 is 5.04. The molecule has 1 aliphatic carbocycles. The van der Waals surface area contributed by atoms with Crippen molar-refractivity contribution >= 4 is 17.3 Å². The number of rotatable bonds is 4. The zero-order valence-electron chi connectivity index (χ0n) is 8.09. The molecule has 0 saturated heterocycles. The number of halogens is 1. The first kappa shape index (κ1) is 9.59. The van der Waals surface area contributed by atoms with Crippen molar-refractivity contribution in [3.05, 3.63) is 18.3 Å². The molecule has 0 unspecified atom stereocenters. The summed E-state index contributed by atoms with van der Waals surface area (Å²) in [5.41, 5.74) is 1.14. The molecule has 0 radical (unpaired) electrons. The van der Waals surface area contributed by atoms with E-state index in [1.54, 1.807) is 13.3 Å². The van der Waals surface area contributed by atoms with E-state index in [0.717, 1.165) is 18.5 Å². The van der Waals surface area contributed by atoms with Crippen LogP contribution in [0.25, 0.3) is 0 Å². The maximum atomic E-state index is 5.87. The van der Waals surface area contributed by atoms with Crippen molar-refractivity contribution in [3.63, 3.8) is 0 Å². The Balaban J connectivity index is 2.09. The molecule has 76 valence electrons. The first-order valence-electron chi connectivity index (χ1n) is 4.62. The summed E-state index contributed by atoms with van der Waals surface area (Å²) in [5.74, 6) is 1.28. The molecule has 2 rings (SSSR count). The minimum absolute atomic E-state index is 0.119. The lowest BCUT2D eigenvalue weighted by Gasteiger charge is -2.15. The lowest BCUT2D eigenvalue weighted by Crippen LogP contribution is -2.22. The van der Waals surface area contributed by atoms with Gasteiger partial charge in [-0.05, 0) is 18.9 Å². The molecule has 0 amide bonds. The molecular weight excluding hydrogens is 200 g/mol. The summed E-state index contributed by atoms with van der Waals surface area (Å²) in [6.07, 6.45) is 4.01. The lowest BCUT2D eigenvalue weighted by molar-refractivity contribution is 0.398. The Labute approximate surface area is 88.4 Å². The Kier molecular flexibility index (Phi) is 2.50. The van der Waals surface area contributed by atoms with Crippen molar-refractivity contribution in [2.45, 2.75) is 18.4 Å². The van der Waals surface area contributed by atoms with Gasteiger partial charge in [-0.2, -0.15) is 0 Å². The summed E-state index contributed by atoms with van der Waals surface area (Å²) in [6, 6.07) is 3.81. The van der Waals surface area contributed by atoms with Gasteiger partial charge in [-0.25, -0.2) is 4.98 Å². The number of hydrogen-bond donors (Lipinski definition) is 1. The molecule has 1 aromatic heterocycles. The fourth-order valence-electron chi connectivity index (χ4n) is 1.35. The molecule has 1 aromatic rings. The van der Waals surface area contributed by atoms with Gasteiger partial charge in [0.25, 0.3) is 0 Å². The van der Waals surface area contributed by atoms with E-state index in [4.69, 9.17) is 16.3 Å². The second kappa shape index (κ2) is 3.65. The van der Waals surface area contributed by atoms with Crippen molar-refractivity contribution in [3.8, 4) is 5.88 Å². The van der Waals surface area contributed by atoms with Crippen LogP contribution >= 0.6 is 11.6 Å². The largest absolute Gasteiger partial charge is 0.481 e. The Morgan fingerprint density at radius 2 is 2.43 bits per heavy atom. The van der Waals surface area contributed by atoms with E-state index >= 15 is 0 Å². The van der Waals surface area contributed by atoms with Gasteiger partial charge in [0.2, 0.25) is 5.88 Å². The molecule has 3 nitrogen and oxygen atoms in total. The molecular formula is C10H13ClN2O. The number of hydrogen-bond acceptors (Lipinski definition) is 3. The summed E-state index contributed by atoms with van der Waals surface area (Å²) >= 11 is 5.87. The predicted molar refractivity (Wildman–Crippen MR) is 57.1 cm³/mol. The van der Waals surface area contributed by atoms with Crippen molar-refractivity contribution < 1.29 is 4.74 Å². The van der Waals surface area contributed by atoms with Crippen LogP contribution in [-0.2, 0) is 0 Å². The van der Waals surface area contributed by atoms with E-state index in [9.17, 15) is 0 Å². The molecule has 1 fully saturated rings. The third kappa shape index (κ3) is 1.93. The Bertz CT molecular complexity index is 326. The number of nitrogens with zero attached hydrogens (tertiary/aromatic N) is 1. The number of methoxy groups -OCH3 is 1. The third-order valence-electron chi connectivity index (χ3n) is 2.46. The van der Waals surface area contributed by atoms with Gasteiger partial charge in [-0.1, -0.05) is 0 Å². The SMILES string of the molecule is COc1cc(NC2(CCl)CC2)ccn1. The van der Waals surface area contributed by atoms with E-state index in [0.29, 0.717) is 11.8 Å². The van der Waals surface area contributed by atoms with Gasteiger partial charge in [-0.3, -0.25) is 0 Å². The number of pyridine rings is 1. The summed E-state index contributed by atoms with van der Waals surface area (Å²) in [4.78, 5) is 4.04. The van der Waals surface area contributed by atoms with Gasteiger partial charge in [0.1, 0.15) is 0 Å². The van der Waals surface area contributed by atoms with Crippen LogP contribution in [0, 0.1) is 0 Å². The zero-order valence-corrected chi connectivity index (χ0v) is 8.84. The fourth-order valence-corrected chi connectivity index (χ4v) is 1.68. The number of anilines is 1. The third-order valence-corrected chi connectivity index (χ3v) is 2.97. The second-order valence-electron chi connectivity index (χ2n) is 3.63. The number of alkyl halides is 1. The highest BCUT2D eigenvalue weighted by Crippen LogP contribution is 2.40. The maximum absolute atomic E-state index is 5.87. The van der Waals surface area contributed by atoms with E-state index in [2.05, 4.69) is 10.3 Å². The Hall–Kier alpha value is -0.960. The van der Waals surface area contributed by atoms with Crippen molar-refractivity contribution in [2.24, 2.45) is 0 Å². The van der Waals surface area contributed by atoms with Gasteiger partial charge in [0.05, 0.1) is 12.6 Å². The molecule has 1 saturated carbocycles. The average Bonchev–Trinajstić information content (AvgIpc) is 2.99. The van der Waals surface area contributed by atoms with E-state index in [-0.39, 0.29) is 5.54 Å². The number of nitrogens with one attached hydrogen (secondary N) is 1. The van der Waals surface area contributed by atoms with E-state index in [1.165, 1.54) is 0 Å². The molecule has 14 heavy (non-hydrogen) atoms. The minimum atomic E-state index is 0.119. The van der Waals surface area contributed by atoms with Crippen molar-refractivity contribution in [1.82, 2.24) is 4.98 Å². The summed E-state index contributed by atoms with van der Waals surface area (Å²) in [7, 11) is 1.61. The normalized spacial score (nSPS) is 17.6. The highest BCUT2D eigenvalue weighted by atomic mass is 35.5. The van der Waals surface area contributed by atoms with Gasteiger partial charge >= 0.3 is 0 Å². The molecule has 1 N–H and O–H groups in total. The van der Waals surface area contributed by atoms with Crippen molar-refractivity contribution in [1.29, 1.82) is 0 Å². The van der Waals surface area contributed by atoms with Gasteiger partial charge < -0.3 is 10.1 Å². The molecule has 0 atom stereocenters. The molecule has 1 aliphatic rings. The lowest BCUT2D eigenvalue weighted by atomic mass is 10.3. The highest BCUT2D eigenvalue weighted by molar-refractivity contribution is 6.19. The first-order valence-corrected chi connectivity index (χ1v) is 5.16. The van der Waals surface area contributed by atoms with Gasteiger partial charge in [0.15, 0.2) is 0 Å². The van der Waals surface area contributed by atoms with Gasteiger partial charge in [-0.15, -0.1) is 11.6 Å². The fraction of sp³-hybridized carbons (Fsp3) is 0.500. The van der Waals surface area contributed by atoms with Crippen LogP contribution in [0.15, 0.2) is 18.3 Å². The molecule has 1 heterocycles. The van der Waals surface area contributed by atoms with Crippen LogP contribution in [0.2, 0.25) is 0 Å². The average molecular weight is 213 g/mol. The topological polar surface area (TPSA) is 34.1 Å². The summed E-state index contributed by atoms with van der Waals surface area (Å²) in [5, 5.41) is 3.40. The standard InChI is InChI=1S/C10H13ClN2O/c1-14-9-6-8(2-5-12-9)13-10(7-11)3-4-10/h2,5-6H,3-4,7H2,1H3,(H,12,13). The van der Waals surface area contributed by atoms with Crippen LogP contribution in [0.5, 0.6) is 5.88 Å². The van der Waals surface area contributed by atoms with Crippen molar-refractivity contribution in [2.75, 3.05) is 18.3 Å². The smallest absolute Gasteiger partial charge is 0.214 e. The highest BCUT2D eigenvalue weighted by Gasteiger charge is 2.41. The van der Waals surface area contributed by atoms with Crippen LogP contribution in [0.3, 0.4) is 0 Å². The Morgan fingerprint density at radius 3 is 3.00 bits per heavy atom. The molecule has 0 aromatic carbocycles. The molecule has 0 spiro atoms. The zero-order chi connectivity index (χ0) is 10.0. The maximum Gasteiger partial charge on any atom is 0.214 e. The molecule has 0 bridgehead atoms. The minimum Gasteiger partial charge on any atom is -0.481 e. The molecule has 0 aliphatic heterocycles. The van der Waals surface area contributed by atoms with E-state index < -0.39 is 0 Å². The van der Waals surface area contributed by atoms with Crippen LogP contribution in [-0.4, -0.2) is 23.5 Å².